The van der Waals surface area contributed by atoms with Crippen molar-refractivity contribution in [3.8, 4) is 0 Å². The maximum atomic E-state index is 12.4. The summed E-state index contributed by atoms with van der Waals surface area (Å²) < 4.78 is 1.73. The van der Waals surface area contributed by atoms with Gasteiger partial charge in [0, 0.05) is 31.5 Å². The Morgan fingerprint density at radius 3 is 2.85 bits per heavy atom. The lowest BCUT2D eigenvalue weighted by atomic mass is 9.84. The van der Waals surface area contributed by atoms with E-state index in [9.17, 15) is 14.7 Å². The minimum Gasteiger partial charge on any atom is -0.481 e. The lowest BCUT2D eigenvalue weighted by Crippen LogP contribution is -2.37. The van der Waals surface area contributed by atoms with Gasteiger partial charge in [0.15, 0.2) is 5.82 Å². The first-order valence-electron chi connectivity index (χ1n) is 7.13. The van der Waals surface area contributed by atoms with Crippen molar-refractivity contribution in [3.63, 3.8) is 0 Å². The highest BCUT2D eigenvalue weighted by Crippen LogP contribution is 2.36. The average Bonchev–Trinajstić information content (AvgIpc) is 3.17. The average molecular weight is 277 g/mol. The fourth-order valence-electron chi connectivity index (χ4n) is 2.94. The number of nitrogens with zero attached hydrogens (tertiary/aromatic N) is 3. The van der Waals surface area contributed by atoms with E-state index in [1.54, 1.807) is 17.0 Å². The highest BCUT2D eigenvalue weighted by atomic mass is 16.4. The molecular weight excluding hydrogens is 258 g/mol. The van der Waals surface area contributed by atoms with E-state index < -0.39 is 11.4 Å². The molecule has 1 atom stereocenters. The van der Waals surface area contributed by atoms with E-state index in [0.717, 1.165) is 12.8 Å². The maximum Gasteiger partial charge on any atom is 0.311 e. The fourth-order valence-corrected chi connectivity index (χ4v) is 2.94. The normalized spacial score (nSPS) is 25.9. The van der Waals surface area contributed by atoms with Crippen molar-refractivity contribution in [2.45, 2.75) is 38.6 Å². The SMILES string of the molecule is CCC1(C(=O)O)CCN(c2nccn(C3CC3)c2=O)C1. The predicted molar refractivity (Wildman–Crippen MR) is 74.0 cm³/mol. The minimum atomic E-state index is -0.777. The van der Waals surface area contributed by atoms with Gasteiger partial charge in [-0.2, -0.15) is 0 Å². The smallest absolute Gasteiger partial charge is 0.311 e. The van der Waals surface area contributed by atoms with Gasteiger partial charge < -0.3 is 14.6 Å². The number of hydrogen-bond donors (Lipinski definition) is 1. The summed E-state index contributed by atoms with van der Waals surface area (Å²) in [6.45, 7) is 2.84. The number of carbonyl (C=O) groups is 1. The van der Waals surface area contributed by atoms with Crippen LogP contribution in [0.2, 0.25) is 0 Å². The van der Waals surface area contributed by atoms with Crippen LogP contribution in [0.15, 0.2) is 17.2 Å². The van der Waals surface area contributed by atoms with E-state index in [1.165, 1.54) is 0 Å². The summed E-state index contributed by atoms with van der Waals surface area (Å²) in [6, 6.07) is 0.308. The fraction of sp³-hybridized carbons (Fsp3) is 0.643. The van der Waals surface area contributed by atoms with Gasteiger partial charge >= 0.3 is 5.97 Å². The molecule has 108 valence electrons. The molecule has 1 unspecified atom stereocenters. The van der Waals surface area contributed by atoms with E-state index in [-0.39, 0.29) is 5.56 Å². The van der Waals surface area contributed by atoms with Gasteiger partial charge in [0.25, 0.3) is 5.56 Å². The van der Waals surface area contributed by atoms with Gasteiger partial charge in [-0.25, -0.2) is 4.98 Å². The zero-order valence-electron chi connectivity index (χ0n) is 11.6. The van der Waals surface area contributed by atoms with Gasteiger partial charge in [-0.15, -0.1) is 0 Å². The number of anilines is 1. The molecule has 1 aromatic rings. The van der Waals surface area contributed by atoms with Crippen LogP contribution in [0.5, 0.6) is 0 Å². The Morgan fingerprint density at radius 1 is 1.55 bits per heavy atom. The molecule has 2 heterocycles. The first-order valence-corrected chi connectivity index (χ1v) is 7.13. The third-order valence-electron chi connectivity index (χ3n) is 4.57. The maximum absolute atomic E-state index is 12.4. The number of aromatic nitrogens is 2. The largest absolute Gasteiger partial charge is 0.481 e. The quantitative estimate of drug-likeness (QED) is 0.897. The van der Waals surface area contributed by atoms with Crippen molar-refractivity contribution >= 4 is 11.8 Å². The Balaban J connectivity index is 1.90. The van der Waals surface area contributed by atoms with Crippen LogP contribution in [-0.2, 0) is 4.79 Å². The van der Waals surface area contributed by atoms with E-state index in [0.29, 0.717) is 37.8 Å². The molecule has 0 amide bonds. The minimum absolute atomic E-state index is 0.0905. The second kappa shape index (κ2) is 4.61. The number of rotatable bonds is 4. The van der Waals surface area contributed by atoms with Crippen LogP contribution < -0.4 is 10.5 Å². The highest BCUT2D eigenvalue weighted by Gasteiger charge is 2.44. The van der Waals surface area contributed by atoms with Crippen molar-refractivity contribution < 1.29 is 9.90 Å². The summed E-state index contributed by atoms with van der Waals surface area (Å²) in [5.41, 5.74) is -0.832. The number of aliphatic carboxylic acids is 1. The van der Waals surface area contributed by atoms with Gasteiger partial charge in [-0.1, -0.05) is 6.92 Å². The first-order chi connectivity index (χ1) is 9.57. The van der Waals surface area contributed by atoms with E-state index in [1.807, 2.05) is 11.8 Å². The standard InChI is InChI=1S/C14H19N3O3/c1-2-14(13(19)20)5-7-16(9-14)11-12(18)17(8-6-15-11)10-3-4-10/h6,8,10H,2-5,7,9H2,1H3,(H,19,20). The van der Waals surface area contributed by atoms with Gasteiger partial charge in [0.1, 0.15) is 0 Å². The van der Waals surface area contributed by atoms with Crippen LogP contribution in [0.1, 0.15) is 38.6 Å². The molecule has 2 aliphatic rings. The van der Waals surface area contributed by atoms with Crippen LogP contribution in [0.25, 0.3) is 0 Å². The Morgan fingerprint density at radius 2 is 2.30 bits per heavy atom. The van der Waals surface area contributed by atoms with E-state index in [2.05, 4.69) is 4.98 Å². The number of carboxylic acids is 1. The molecule has 0 bridgehead atoms. The van der Waals surface area contributed by atoms with Gasteiger partial charge in [-0.05, 0) is 25.7 Å². The van der Waals surface area contributed by atoms with E-state index in [4.69, 9.17) is 0 Å². The lowest BCUT2D eigenvalue weighted by molar-refractivity contribution is -0.147. The van der Waals surface area contributed by atoms with Gasteiger partial charge in [0.05, 0.1) is 5.41 Å². The molecular formula is C14H19N3O3. The molecule has 2 fully saturated rings. The Labute approximate surface area is 117 Å². The third kappa shape index (κ3) is 1.99. The molecule has 1 aliphatic heterocycles. The number of hydrogen-bond acceptors (Lipinski definition) is 4. The van der Waals surface area contributed by atoms with Crippen molar-refractivity contribution in [2.75, 3.05) is 18.0 Å². The van der Waals surface area contributed by atoms with Crippen LogP contribution in [0, 0.1) is 5.41 Å². The molecule has 20 heavy (non-hydrogen) atoms. The third-order valence-corrected chi connectivity index (χ3v) is 4.57. The summed E-state index contributed by atoms with van der Waals surface area (Å²) >= 11 is 0. The highest BCUT2D eigenvalue weighted by molar-refractivity contribution is 5.76. The second-order valence-corrected chi connectivity index (χ2v) is 5.81. The van der Waals surface area contributed by atoms with Crippen molar-refractivity contribution in [1.29, 1.82) is 0 Å². The Bertz CT molecular complexity index is 594. The lowest BCUT2D eigenvalue weighted by Gasteiger charge is -2.23. The van der Waals surface area contributed by atoms with E-state index >= 15 is 0 Å². The summed E-state index contributed by atoms with van der Waals surface area (Å²) in [7, 11) is 0. The van der Waals surface area contributed by atoms with Crippen LogP contribution in [0.4, 0.5) is 5.82 Å². The molecule has 0 radical (unpaired) electrons. The van der Waals surface area contributed by atoms with Gasteiger partial charge in [-0.3, -0.25) is 9.59 Å². The van der Waals surface area contributed by atoms with Crippen LogP contribution >= 0.6 is 0 Å². The monoisotopic (exact) mass is 277 g/mol. The molecule has 0 aromatic carbocycles. The molecule has 0 spiro atoms. The molecule has 3 rings (SSSR count). The molecule has 1 aliphatic carbocycles. The first kappa shape index (κ1) is 13.1. The molecule has 6 heteroatoms. The summed E-state index contributed by atoms with van der Waals surface area (Å²) in [4.78, 5) is 29.9. The van der Waals surface area contributed by atoms with Crippen LogP contribution in [0.3, 0.4) is 0 Å². The topological polar surface area (TPSA) is 75.4 Å². The van der Waals surface area contributed by atoms with Crippen molar-refractivity contribution in [2.24, 2.45) is 5.41 Å². The van der Waals surface area contributed by atoms with Gasteiger partial charge in [0.2, 0.25) is 0 Å². The summed E-state index contributed by atoms with van der Waals surface area (Å²) in [5, 5.41) is 9.42. The molecule has 6 nitrogen and oxygen atoms in total. The molecule has 1 N–H and O–H groups in total. The predicted octanol–water partition coefficient (Wildman–Crippen LogP) is 1.27. The van der Waals surface area contributed by atoms with Crippen LogP contribution in [-0.4, -0.2) is 33.7 Å². The zero-order valence-corrected chi connectivity index (χ0v) is 11.6. The molecule has 1 aromatic heterocycles. The number of carboxylic acid groups (broad SMARTS) is 1. The summed E-state index contributed by atoms with van der Waals surface area (Å²) in [6.07, 6.45) is 6.58. The van der Waals surface area contributed by atoms with Crippen molar-refractivity contribution in [1.82, 2.24) is 9.55 Å². The molecule has 1 saturated heterocycles. The molecule has 1 saturated carbocycles. The Hall–Kier alpha value is -1.85. The Kier molecular flexibility index (Phi) is 3.03. The summed E-state index contributed by atoms with van der Waals surface area (Å²) in [5.74, 6) is -0.378. The van der Waals surface area contributed by atoms with Crippen molar-refractivity contribution in [3.05, 3.63) is 22.7 Å². The second-order valence-electron chi connectivity index (χ2n) is 5.81. The zero-order chi connectivity index (χ0) is 14.3.